The fourth-order valence-electron chi connectivity index (χ4n) is 8.88. The molecule has 0 aliphatic carbocycles. The lowest BCUT2D eigenvalue weighted by Crippen LogP contribution is -2.44. The summed E-state index contributed by atoms with van der Waals surface area (Å²) in [5, 5.41) is 0. The predicted molar refractivity (Wildman–Crippen MR) is 237 cm³/mol. The molecule has 6 aromatic rings. The van der Waals surface area contributed by atoms with Gasteiger partial charge in [0.15, 0.2) is 0 Å². The fourth-order valence-corrected chi connectivity index (χ4v) is 8.88. The molecule has 2 amide bonds. The summed E-state index contributed by atoms with van der Waals surface area (Å²) < 4.78 is 0. The highest BCUT2D eigenvalue weighted by atomic mass is 16.2. The molecule has 0 spiro atoms. The number of hydrogen-bond donors (Lipinski definition) is 2. The summed E-state index contributed by atoms with van der Waals surface area (Å²) in [6.45, 7) is 17.2. The molecule has 2 N–H and O–H groups in total. The molecular weight excluding hydrogens is 733 g/mol. The summed E-state index contributed by atoms with van der Waals surface area (Å²) in [6, 6.07) is 34.1. The second-order valence-corrected chi connectivity index (χ2v) is 15.6. The average Bonchev–Trinajstić information content (AvgIpc) is 4.07. The highest BCUT2D eigenvalue weighted by molar-refractivity contribution is 5.85. The van der Waals surface area contributed by atoms with E-state index < -0.39 is 0 Å². The van der Waals surface area contributed by atoms with Gasteiger partial charge in [-0.05, 0) is 92.3 Å². The van der Waals surface area contributed by atoms with Gasteiger partial charge in [-0.3, -0.25) is 19.4 Å². The van der Waals surface area contributed by atoms with Gasteiger partial charge in [0.2, 0.25) is 11.8 Å². The number of hydrogen-bond acceptors (Lipinski definition) is 6. The zero-order valence-electron chi connectivity index (χ0n) is 35.6. The maximum Gasteiger partial charge on any atom is 0.245 e. The molecule has 1 aliphatic heterocycles. The number of benzene rings is 4. The highest BCUT2D eigenvalue weighted by Crippen LogP contribution is 2.36. The number of H-pyrrole nitrogens is 2. The Kier molecular flexibility index (Phi) is 13.4. The van der Waals surface area contributed by atoms with Gasteiger partial charge in [-0.1, -0.05) is 126 Å². The number of carbonyl (C=O) groups excluding carboxylic acids is 2. The van der Waals surface area contributed by atoms with E-state index in [-0.39, 0.29) is 36.0 Å². The summed E-state index contributed by atoms with van der Waals surface area (Å²) in [5.74, 6) is 1.85. The van der Waals surface area contributed by atoms with Gasteiger partial charge in [0.05, 0.1) is 35.0 Å². The van der Waals surface area contributed by atoms with Crippen molar-refractivity contribution in [2.24, 2.45) is 0 Å². The van der Waals surface area contributed by atoms with Gasteiger partial charge >= 0.3 is 0 Å². The Morgan fingerprint density at radius 2 is 1.34 bits per heavy atom. The van der Waals surface area contributed by atoms with Crippen molar-refractivity contribution < 1.29 is 9.59 Å². The van der Waals surface area contributed by atoms with Crippen LogP contribution in [-0.4, -0.2) is 90.6 Å². The summed E-state index contributed by atoms with van der Waals surface area (Å²) in [7, 11) is 0. The zero-order chi connectivity index (χ0) is 41.5. The molecule has 1 aliphatic rings. The van der Waals surface area contributed by atoms with Crippen LogP contribution in [0.25, 0.3) is 33.4 Å². The van der Waals surface area contributed by atoms with E-state index in [2.05, 4.69) is 128 Å². The van der Waals surface area contributed by atoms with Crippen molar-refractivity contribution in [2.45, 2.75) is 85.0 Å². The number of amides is 2. The first-order valence-corrected chi connectivity index (χ1v) is 21.6. The van der Waals surface area contributed by atoms with Crippen LogP contribution in [0, 0.1) is 0 Å². The van der Waals surface area contributed by atoms with Crippen LogP contribution in [0.5, 0.6) is 0 Å². The topological polar surface area (TPSA) is 104 Å². The molecule has 308 valence electrons. The standard InChI is InChI=1S/C49H60N8O2/c1-7-30-56(48(58)44(54(8-2)9-3)37-19-14-12-15-20-37)34(6)46-51-40-29-28-39(32-41(40)52-46)35-24-26-36(27-25-35)42-33-50-47(53-42)43-23-18-31-57(43)49(59)45(55(10-4)11-5)38-21-16-13-17-22-38/h12-17,19-22,24-29,32-34,43-45H,7-11,18,23,30-31H2,1-6H3,(H,50,53)(H,51,52)/t34-,43-,44+,45?/m0/s1. The monoisotopic (exact) mass is 792 g/mol. The van der Waals surface area contributed by atoms with E-state index in [0.717, 1.165) is 108 Å². The van der Waals surface area contributed by atoms with Crippen molar-refractivity contribution >= 4 is 22.8 Å². The average molecular weight is 793 g/mol. The number of aromatic nitrogens is 4. The predicted octanol–water partition coefficient (Wildman–Crippen LogP) is 9.75. The van der Waals surface area contributed by atoms with Crippen LogP contribution >= 0.6 is 0 Å². The fraction of sp³-hybridized carbons (Fsp3) is 0.388. The second-order valence-electron chi connectivity index (χ2n) is 15.6. The lowest BCUT2D eigenvalue weighted by atomic mass is 10.0. The van der Waals surface area contributed by atoms with Crippen LogP contribution < -0.4 is 0 Å². The number of nitrogens with zero attached hydrogens (tertiary/aromatic N) is 6. The van der Waals surface area contributed by atoms with Crippen molar-refractivity contribution in [1.82, 2.24) is 39.5 Å². The number of aromatic amines is 2. The van der Waals surface area contributed by atoms with Gasteiger partial charge in [-0.15, -0.1) is 0 Å². The Labute approximate surface area is 349 Å². The first-order valence-electron chi connectivity index (χ1n) is 21.6. The summed E-state index contributed by atoms with van der Waals surface area (Å²) >= 11 is 0. The van der Waals surface area contributed by atoms with Gasteiger partial charge in [0.1, 0.15) is 23.7 Å². The van der Waals surface area contributed by atoms with Gasteiger partial charge in [0.25, 0.3) is 0 Å². The van der Waals surface area contributed by atoms with E-state index in [4.69, 9.17) is 9.97 Å². The van der Waals surface area contributed by atoms with Gasteiger partial charge in [-0.25, -0.2) is 9.97 Å². The molecule has 4 atom stereocenters. The summed E-state index contributed by atoms with van der Waals surface area (Å²) in [4.78, 5) is 54.2. The van der Waals surface area contributed by atoms with E-state index in [1.807, 2.05) is 52.4 Å². The minimum Gasteiger partial charge on any atom is -0.340 e. The van der Waals surface area contributed by atoms with Gasteiger partial charge < -0.3 is 19.8 Å². The molecule has 59 heavy (non-hydrogen) atoms. The molecular formula is C49H60N8O2. The minimum atomic E-state index is -0.357. The molecule has 0 radical (unpaired) electrons. The SMILES string of the molecule is CCCN(C(=O)[C@@H](c1ccccc1)N(CC)CC)[C@@H](C)c1nc2ccc(-c3ccc(-c4cnc([C@@H]5CCCN5C(=O)C(c5ccccc5)N(CC)CC)[nH]4)cc3)cc2[nH]1. The number of likely N-dealkylation sites (N-methyl/N-ethyl adjacent to an activating group) is 2. The number of imidazole rings is 2. The van der Waals surface area contributed by atoms with Crippen molar-refractivity contribution in [3.05, 3.63) is 132 Å². The molecule has 7 rings (SSSR count). The number of carbonyl (C=O) groups is 2. The Bertz CT molecular complexity index is 2280. The van der Waals surface area contributed by atoms with Gasteiger partial charge in [-0.2, -0.15) is 0 Å². The third-order valence-corrected chi connectivity index (χ3v) is 12.1. The Morgan fingerprint density at radius 3 is 1.97 bits per heavy atom. The molecule has 1 unspecified atom stereocenters. The zero-order valence-corrected chi connectivity index (χ0v) is 35.6. The molecule has 0 bridgehead atoms. The third kappa shape index (κ3) is 8.75. The van der Waals surface area contributed by atoms with Crippen LogP contribution in [-0.2, 0) is 9.59 Å². The van der Waals surface area contributed by atoms with E-state index >= 15 is 0 Å². The van der Waals surface area contributed by atoms with E-state index in [1.54, 1.807) is 0 Å². The lowest BCUT2D eigenvalue weighted by Gasteiger charge is -2.36. The molecule has 1 fully saturated rings. The first kappa shape index (κ1) is 41.6. The minimum absolute atomic E-state index is 0.0918. The maximum absolute atomic E-state index is 14.4. The molecule has 1 saturated heterocycles. The summed E-state index contributed by atoms with van der Waals surface area (Å²) in [6.07, 6.45) is 4.56. The van der Waals surface area contributed by atoms with Crippen molar-refractivity contribution in [3.63, 3.8) is 0 Å². The van der Waals surface area contributed by atoms with E-state index in [0.29, 0.717) is 6.54 Å². The number of nitrogens with one attached hydrogen (secondary N) is 2. The maximum atomic E-state index is 14.4. The Hall–Kier alpha value is -5.58. The number of likely N-dealkylation sites (tertiary alicyclic amines) is 1. The van der Waals surface area contributed by atoms with Crippen molar-refractivity contribution in [3.8, 4) is 22.4 Å². The lowest BCUT2D eigenvalue weighted by molar-refractivity contribution is -0.140. The molecule has 3 heterocycles. The number of fused-ring (bicyclic) bond motifs is 1. The molecule has 0 saturated carbocycles. The van der Waals surface area contributed by atoms with Crippen LogP contribution in [0.15, 0.2) is 109 Å². The van der Waals surface area contributed by atoms with Crippen molar-refractivity contribution in [2.75, 3.05) is 39.3 Å². The van der Waals surface area contributed by atoms with Crippen LogP contribution in [0.3, 0.4) is 0 Å². The third-order valence-electron chi connectivity index (χ3n) is 12.1. The van der Waals surface area contributed by atoms with Crippen LogP contribution in [0.1, 0.15) is 108 Å². The van der Waals surface area contributed by atoms with Crippen molar-refractivity contribution in [1.29, 1.82) is 0 Å². The van der Waals surface area contributed by atoms with Crippen LogP contribution in [0.4, 0.5) is 0 Å². The molecule has 4 aromatic carbocycles. The normalized spacial score (nSPS) is 15.9. The first-order chi connectivity index (χ1) is 28.8. The number of rotatable bonds is 17. The molecule has 2 aromatic heterocycles. The second kappa shape index (κ2) is 19.0. The van der Waals surface area contributed by atoms with E-state index in [9.17, 15) is 9.59 Å². The smallest absolute Gasteiger partial charge is 0.245 e. The van der Waals surface area contributed by atoms with Crippen LogP contribution in [0.2, 0.25) is 0 Å². The molecule has 10 heteroatoms. The van der Waals surface area contributed by atoms with Gasteiger partial charge in [0, 0.05) is 13.1 Å². The molecule has 10 nitrogen and oxygen atoms in total. The summed E-state index contributed by atoms with van der Waals surface area (Å²) in [5.41, 5.74) is 7.97. The largest absolute Gasteiger partial charge is 0.340 e. The Balaban J connectivity index is 1.08. The highest BCUT2D eigenvalue weighted by Gasteiger charge is 2.38. The van der Waals surface area contributed by atoms with E-state index in [1.165, 1.54) is 0 Å². The Morgan fingerprint density at radius 1 is 0.746 bits per heavy atom. The quantitative estimate of drug-likeness (QED) is 0.0954.